The highest BCUT2D eigenvalue weighted by Crippen LogP contribution is 2.29. The molecule has 0 spiro atoms. The Hall–Kier alpha value is -2.86. The van der Waals surface area contributed by atoms with Crippen molar-refractivity contribution in [2.75, 3.05) is 14.2 Å². The molecule has 0 unspecified atom stereocenters. The van der Waals surface area contributed by atoms with Crippen molar-refractivity contribution < 1.29 is 14.3 Å². The van der Waals surface area contributed by atoms with Gasteiger partial charge >= 0.3 is 0 Å². The lowest BCUT2D eigenvalue weighted by molar-refractivity contribution is 0.0955. The number of fused-ring (bicyclic) bond motifs is 1. The minimum atomic E-state index is -0.287. The van der Waals surface area contributed by atoms with E-state index in [1.165, 1.54) is 0 Å². The number of hydrogen-bond donors (Lipinski definition) is 1. The highest BCUT2D eigenvalue weighted by atomic mass is 79.9. The van der Waals surface area contributed by atoms with Crippen molar-refractivity contribution in [2.45, 2.75) is 0 Å². The van der Waals surface area contributed by atoms with Gasteiger partial charge in [-0.05, 0) is 53.2 Å². The Kier molecular flexibility index (Phi) is 5.53. The van der Waals surface area contributed by atoms with Crippen LogP contribution in [0.2, 0.25) is 0 Å². The molecule has 26 heavy (non-hydrogen) atoms. The standard InChI is InChI=1S/C20H17BrN2O3/c1-25-16-9-5-13-6-10-19(26-2)18(17(13)11-16)12-22-23-20(24)14-3-7-15(21)8-4-14/h3-12H,1-2H3,(H,23,24)/b22-12+. The number of carbonyl (C=O) groups is 1. The Morgan fingerprint density at radius 2 is 1.77 bits per heavy atom. The van der Waals surface area contributed by atoms with Crippen LogP contribution in [0.1, 0.15) is 15.9 Å². The van der Waals surface area contributed by atoms with Crippen molar-refractivity contribution in [3.8, 4) is 11.5 Å². The number of ether oxygens (including phenoxy) is 2. The molecule has 0 saturated carbocycles. The van der Waals surface area contributed by atoms with Gasteiger partial charge in [-0.25, -0.2) is 5.43 Å². The topological polar surface area (TPSA) is 59.9 Å². The summed E-state index contributed by atoms with van der Waals surface area (Å²) in [6.45, 7) is 0. The average molecular weight is 413 g/mol. The molecular weight excluding hydrogens is 396 g/mol. The molecule has 0 heterocycles. The van der Waals surface area contributed by atoms with Crippen LogP contribution in [-0.2, 0) is 0 Å². The van der Waals surface area contributed by atoms with E-state index < -0.39 is 0 Å². The Morgan fingerprint density at radius 1 is 1.04 bits per heavy atom. The lowest BCUT2D eigenvalue weighted by Crippen LogP contribution is -2.17. The van der Waals surface area contributed by atoms with Crippen molar-refractivity contribution >= 4 is 38.8 Å². The normalized spacial score (nSPS) is 10.9. The monoisotopic (exact) mass is 412 g/mol. The number of nitrogens with one attached hydrogen (secondary N) is 1. The Balaban J connectivity index is 1.90. The molecule has 0 aliphatic rings. The van der Waals surface area contributed by atoms with Crippen molar-refractivity contribution in [1.82, 2.24) is 5.43 Å². The SMILES string of the molecule is COc1ccc2ccc(OC)c(/C=N/NC(=O)c3ccc(Br)cc3)c2c1. The lowest BCUT2D eigenvalue weighted by atomic mass is 10.0. The van der Waals surface area contributed by atoms with Crippen molar-refractivity contribution in [1.29, 1.82) is 0 Å². The summed E-state index contributed by atoms with van der Waals surface area (Å²) >= 11 is 3.34. The summed E-state index contributed by atoms with van der Waals surface area (Å²) in [6.07, 6.45) is 1.58. The fraction of sp³-hybridized carbons (Fsp3) is 0.100. The first-order chi connectivity index (χ1) is 12.6. The molecular formula is C20H17BrN2O3. The van der Waals surface area contributed by atoms with Crippen molar-refractivity contribution in [3.63, 3.8) is 0 Å². The molecule has 0 aromatic heterocycles. The van der Waals surface area contributed by atoms with Crippen molar-refractivity contribution in [2.24, 2.45) is 5.10 Å². The fourth-order valence-electron chi connectivity index (χ4n) is 2.56. The minimum Gasteiger partial charge on any atom is -0.497 e. The summed E-state index contributed by atoms with van der Waals surface area (Å²) in [6, 6.07) is 16.7. The van der Waals surface area contributed by atoms with Gasteiger partial charge < -0.3 is 9.47 Å². The van der Waals surface area contributed by atoms with E-state index in [1.54, 1.807) is 44.7 Å². The predicted octanol–water partition coefficient (Wildman–Crippen LogP) is 4.38. The van der Waals surface area contributed by atoms with E-state index in [9.17, 15) is 4.79 Å². The summed E-state index contributed by atoms with van der Waals surface area (Å²) < 4.78 is 11.6. The minimum absolute atomic E-state index is 0.287. The molecule has 1 N–H and O–H groups in total. The van der Waals surface area contributed by atoms with Gasteiger partial charge in [0.15, 0.2) is 0 Å². The first-order valence-corrected chi connectivity index (χ1v) is 8.65. The molecule has 6 heteroatoms. The van der Waals surface area contributed by atoms with Crippen LogP contribution in [0, 0.1) is 0 Å². The maximum absolute atomic E-state index is 12.2. The zero-order valence-electron chi connectivity index (χ0n) is 14.3. The van der Waals surface area contributed by atoms with Crippen molar-refractivity contribution in [3.05, 3.63) is 70.2 Å². The number of nitrogens with zero attached hydrogens (tertiary/aromatic N) is 1. The summed E-state index contributed by atoms with van der Waals surface area (Å²) in [5.74, 6) is 1.11. The average Bonchev–Trinajstić information content (AvgIpc) is 2.68. The molecule has 0 bridgehead atoms. The summed E-state index contributed by atoms with van der Waals surface area (Å²) in [5, 5.41) is 6.04. The Labute approximate surface area is 159 Å². The fourth-order valence-corrected chi connectivity index (χ4v) is 2.83. The quantitative estimate of drug-likeness (QED) is 0.499. The molecule has 0 aliphatic heterocycles. The lowest BCUT2D eigenvalue weighted by Gasteiger charge is -2.10. The molecule has 0 radical (unpaired) electrons. The number of amides is 1. The third kappa shape index (κ3) is 3.86. The third-order valence-electron chi connectivity index (χ3n) is 3.92. The summed E-state index contributed by atoms with van der Waals surface area (Å²) in [5.41, 5.74) is 3.83. The molecule has 0 fully saturated rings. The van der Waals surface area contributed by atoms with E-state index in [0.29, 0.717) is 11.3 Å². The second-order valence-corrected chi connectivity index (χ2v) is 6.39. The molecule has 3 rings (SSSR count). The molecule has 0 aliphatic carbocycles. The van der Waals surface area contributed by atoms with Crippen LogP contribution < -0.4 is 14.9 Å². The molecule has 132 valence electrons. The zero-order chi connectivity index (χ0) is 18.5. The number of methoxy groups -OCH3 is 2. The van der Waals surface area contributed by atoms with Gasteiger partial charge in [-0.1, -0.05) is 28.1 Å². The summed E-state index contributed by atoms with van der Waals surface area (Å²) in [4.78, 5) is 12.2. The van der Waals surface area contributed by atoms with E-state index >= 15 is 0 Å². The van der Waals surface area contributed by atoms with Crippen LogP contribution in [0.4, 0.5) is 0 Å². The van der Waals surface area contributed by atoms with Crippen LogP contribution in [0.15, 0.2) is 64.2 Å². The Bertz CT molecular complexity index is 963. The van der Waals surface area contributed by atoms with Crippen LogP contribution in [-0.4, -0.2) is 26.3 Å². The van der Waals surface area contributed by atoms with E-state index in [4.69, 9.17) is 9.47 Å². The number of rotatable bonds is 5. The molecule has 5 nitrogen and oxygen atoms in total. The Morgan fingerprint density at radius 3 is 2.46 bits per heavy atom. The van der Waals surface area contributed by atoms with Crippen LogP contribution >= 0.6 is 15.9 Å². The number of halogens is 1. The van der Waals surface area contributed by atoms with Crippen LogP contribution in [0.5, 0.6) is 11.5 Å². The number of benzene rings is 3. The van der Waals surface area contributed by atoms with E-state index in [0.717, 1.165) is 26.6 Å². The van der Waals surface area contributed by atoms with Gasteiger partial charge in [0.1, 0.15) is 11.5 Å². The smallest absolute Gasteiger partial charge is 0.271 e. The van der Waals surface area contributed by atoms with E-state index in [2.05, 4.69) is 26.5 Å². The number of hydrogen-bond acceptors (Lipinski definition) is 4. The molecule has 0 atom stereocenters. The molecule has 0 saturated heterocycles. The second-order valence-electron chi connectivity index (χ2n) is 5.47. The van der Waals surface area contributed by atoms with Gasteiger partial charge in [-0.2, -0.15) is 5.10 Å². The summed E-state index contributed by atoms with van der Waals surface area (Å²) in [7, 11) is 3.21. The van der Waals surface area contributed by atoms with Gasteiger partial charge in [0.05, 0.1) is 20.4 Å². The zero-order valence-corrected chi connectivity index (χ0v) is 15.9. The van der Waals surface area contributed by atoms with Gasteiger partial charge in [-0.3, -0.25) is 4.79 Å². The maximum Gasteiger partial charge on any atom is 0.271 e. The maximum atomic E-state index is 12.2. The largest absolute Gasteiger partial charge is 0.497 e. The van der Waals surface area contributed by atoms with E-state index in [-0.39, 0.29) is 5.91 Å². The first-order valence-electron chi connectivity index (χ1n) is 7.86. The first kappa shape index (κ1) is 17.9. The van der Waals surface area contributed by atoms with Gasteiger partial charge in [-0.15, -0.1) is 0 Å². The molecule has 3 aromatic rings. The highest BCUT2D eigenvalue weighted by molar-refractivity contribution is 9.10. The van der Waals surface area contributed by atoms with Crippen LogP contribution in [0.3, 0.4) is 0 Å². The van der Waals surface area contributed by atoms with Crippen LogP contribution in [0.25, 0.3) is 10.8 Å². The van der Waals surface area contributed by atoms with E-state index in [1.807, 2.05) is 30.3 Å². The molecule has 3 aromatic carbocycles. The predicted molar refractivity (Wildman–Crippen MR) is 106 cm³/mol. The third-order valence-corrected chi connectivity index (χ3v) is 4.45. The van der Waals surface area contributed by atoms with Gasteiger partial charge in [0, 0.05) is 15.6 Å². The number of carbonyl (C=O) groups excluding carboxylic acids is 1. The second kappa shape index (κ2) is 8.01. The van der Waals surface area contributed by atoms with Gasteiger partial charge in [0.25, 0.3) is 5.91 Å². The highest BCUT2D eigenvalue weighted by Gasteiger charge is 2.09. The number of hydrazone groups is 1. The molecule has 1 amide bonds. The van der Waals surface area contributed by atoms with Gasteiger partial charge in [0.2, 0.25) is 0 Å².